The van der Waals surface area contributed by atoms with E-state index in [9.17, 15) is 23.2 Å². The Labute approximate surface area is 186 Å². The summed E-state index contributed by atoms with van der Waals surface area (Å²) in [6, 6.07) is 5.15. The Morgan fingerprint density at radius 1 is 1.38 bits per heavy atom. The second kappa shape index (κ2) is 7.26. The van der Waals surface area contributed by atoms with Crippen molar-refractivity contribution in [3.63, 3.8) is 0 Å². The molecule has 3 atom stereocenters. The third-order valence-corrected chi connectivity index (χ3v) is 7.51. The number of likely N-dealkylation sites (N-methyl/N-ethyl adjacent to an activating group) is 1. The Hall–Kier alpha value is -2.49. The third-order valence-electron chi connectivity index (χ3n) is 6.98. The van der Waals surface area contributed by atoms with Gasteiger partial charge >= 0.3 is 6.18 Å². The summed E-state index contributed by atoms with van der Waals surface area (Å²) in [5, 5.41) is 12.0. The van der Waals surface area contributed by atoms with E-state index in [0.717, 1.165) is 18.3 Å². The molecule has 1 aliphatic carbocycles. The lowest BCUT2D eigenvalue weighted by molar-refractivity contribution is -0.191. The summed E-state index contributed by atoms with van der Waals surface area (Å²) in [6.45, 7) is 1.71. The standard InChI is InChI=1S/C20H21F3N6O2S/c1-28-4-5-31-13(8-28)7-25-17(30)18-9-19(18,20(21,22)23)11-29(10-18)14-3-2-12(6-24)15-16(14)27-32-26-15/h2-3,13H,4-5,7-11H2,1H3,(H,25,30). The summed E-state index contributed by atoms with van der Waals surface area (Å²) in [5.41, 5.74) is -2.10. The van der Waals surface area contributed by atoms with E-state index in [4.69, 9.17) is 4.74 Å². The van der Waals surface area contributed by atoms with Crippen LogP contribution >= 0.6 is 11.7 Å². The molecule has 0 bridgehead atoms. The van der Waals surface area contributed by atoms with E-state index in [2.05, 4.69) is 19.0 Å². The maximum Gasteiger partial charge on any atom is 0.397 e. The van der Waals surface area contributed by atoms with Gasteiger partial charge in [0.25, 0.3) is 0 Å². The van der Waals surface area contributed by atoms with Gasteiger partial charge in [0.1, 0.15) is 22.5 Å². The molecule has 1 aromatic heterocycles. The molecular weight excluding hydrogens is 445 g/mol. The number of aromatic nitrogens is 2. The normalized spacial score (nSPS) is 30.2. The lowest BCUT2D eigenvalue weighted by atomic mass is 9.94. The highest BCUT2D eigenvalue weighted by atomic mass is 32.1. The van der Waals surface area contributed by atoms with Crippen LogP contribution in [0.2, 0.25) is 0 Å². The molecule has 1 aromatic carbocycles. The van der Waals surface area contributed by atoms with Crippen LogP contribution in [0.3, 0.4) is 0 Å². The molecule has 0 spiro atoms. The smallest absolute Gasteiger partial charge is 0.374 e. The molecule has 32 heavy (non-hydrogen) atoms. The number of hydrogen-bond acceptors (Lipinski definition) is 8. The van der Waals surface area contributed by atoms with E-state index in [1.807, 2.05) is 13.1 Å². The number of piperidine rings is 1. The van der Waals surface area contributed by atoms with Crippen molar-refractivity contribution in [2.75, 3.05) is 51.3 Å². The van der Waals surface area contributed by atoms with Gasteiger partial charge in [-0.2, -0.15) is 27.2 Å². The fourth-order valence-corrected chi connectivity index (χ4v) is 5.73. The van der Waals surface area contributed by atoms with Crippen molar-refractivity contribution in [3.05, 3.63) is 17.7 Å². The molecule has 2 aromatic rings. The van der Waals surface area contributed by atoms with Crippen molar-refractivity contribution in [3.8, 4) is 6.07 Å². The highest BCUT2D eigenvalue weighted by molar-refractivity contribution is 7.00. The van der Waals surface area contributed by atoms with E-state index < -0.39 is 22.9 Å². The molecule has 170 valence electrons. The van der Waals surface area contributed by atoms with Crippen LogP contribution in [-0.2, 0) is 9.53 Å². The zero-order valence-electron chi connectivity index (χ0n) is 17.3. The SMILES string of the molecule is CN1CCOC(CNC(=O)C23CN(c4ccc(C#N)c5nsnc45)CC2(C(F)(F)F)C3)C1. The molecule has 3 aliphatic rings. The Balaban J connectivity index is 1.40. The number of morpholine rings is 1. The lowest BCUT2D eigenvalue weighted by Crippen LogP contribution is -2.48. The minimum Gasteiger partial charge on any atom is -0.374 e. The number of hydrogen-bond donors (Lipinski definition) is 1. The number of amides is 1. The van der Waals surface area contributed by atoms with Gasteiger partial charge in [0, 0.05) is 32.7 Å². The first-order valence-corrected chi connectivity index (χ1v) is 11.0. The first-order valence-electron chi connectivity index (χ1n) is 10.3. The Kier molecular flexibility index (Phi) is 4.85. The molecule has 12 heteroatoms. The number of carbonyl (C=O) groups is 1. The van der Waals surface area contributed by atoms with Crippen molar-refractivity contribution < 1.29 is 22.7 Å². The first-order chi connectivity index (χ1) is 15.2. The van der Waals surface area contributed by atoms with Crippen LogP contribution in [0.15, 0.2) is 12.1 Å². The number of nitriles is 1. The quantitative estimate of drug-likeness (QED) is 0.734. The zero-order valence-corrected chi connectivity index (χ0v) is 18.1. The Bertz CT molecular complexity index is 1120. The van der Waals surface area contributed by atoms with Gasteiger partial charge in [-0.05, 0) is 25.6 Å². The Morgan fingerprint density at radius 3 is 2.88 bits per heavy atom. The molecule has 3 fully saturated rings. The molecule has 8 nitrogen and oxygen atoms in total. The minimum absolute atomic E-state index is 0.0672. The molecule has 0 radical (unpaired) electrons. The summed E-state index contributed by atoms with van der Waals surface area (Å²) >= 11 is 0.904. The van der Waals surface area contributed by atoms with Gasteiger partial charge in [0.15, 0.2) is 0 Å². The summed E-state index contributed by atoms with van der Waals surface area (Å²) in [4.78, 5) is 16.7. The first kappa shape index (κ1) is 21.4. The number of halogens is 3. The average Bonchev–Trinajstić information content (AvgIpc) is 3.06. The van der Waals surface area contributed by atoms with Gasteiger partial charge in [0.05, 0.1) is 41.1 Å². The molecule has 1 saturated carbocycles. The van der Waals surface area contributed by atoms with Crippen molar-refractivity contribution in [1.82, 2.24) is 19.0 Å². The zero-order chi connectivity index (χ0) is 22.7. The number of nitrogens with zero attached hydrogens (tertiary/aromatic N) is 5. The number of ether oxygens (including phenoxy) is 1. The topological polar surface area (TPSA) is 94.4 Å². The predicted molar refractivity (Wildman–Crippen MR) is 110 cm³/mol. The van der Waals surface area contributed by atoms with Crippen molar-refractivity contribution >= 4 is 34.4 Å². The van der Waals surface area contributed by atoms with E-state index in [1.165, 1.54) is 6.07 Å². The van der Waals surface area contributed by atoms with Gasteiger partial charge in [-0.1, -0.05) is 0 Å². The van der Waals surface area contributed by atoms with E-state index in [-0.39, 0.29) is 32.2 Å². The number of carbonyl (C=O) groups excluding carboxylic acids is 1. The second-order valence-electron chi connectivity index (χ2n) is 8.87. The molecule has 3 heterocycles. The van der Waals surface area contributed by atoms with Crippen molar-refractivity contribution in [1.29, 1.82) is 5.26 Å². The highest BCUT2D eigenvalue weighted by Crippen LogP contribution is 2.75. The van der Waals surface area contributed by atoms with Crippen LogP contribution < -0.4 is 10.2 Å². The maximum absolute atomic E-state index is 14.2. The van der Waals surface area contributed by atoms with E-state index in [0.29, 0.717) is 35.4 Å². The number of rotatable bonds is 4. The summed E-state index contributed by atoms with van der Waals surface area (Å²) in [6.07, 6.45) is -5.00. The third kappa shape index (κ3) is 3.06. The minimum atomic E-state index is -4.52. The summed E-state index contributed by atoms with van der Waals surface area (Å²) in [7, 11) is 1.94. The van der Waals surface area contributed by atoms with Crippen LogP contribution in [-0.4, -0.2) is 78.2 Å². The van der Waals surface area contributed by atoms with Gasteiger partial charge < -0.3 is 19.9 Å². The van der Waals surface area contributed by atoms with Crippen LogP contribution in [0.25, 0.3) is 11.0 Å². The number of anilines is 1. The number of nitrogens with one attached hydrogen (secondary N) is 1. The van der Waals surface area contributed by atoms with Gasteiger partial charge in [-0.3, -0.25) is 4.79 Å². The fraction of sp³-hybridized carbons (Fsp3) is 0.600. The van der Waals surface area contributed by atoms with Crippen LogP contribution in [0, 0.1) is 22.2 Å². The fourth-order valence-electron chi connectivity index (χ4n) is 5.16. The largest absolute Gasteiger partial charge is 0.397 e. The molecule has 2 aliphatic heterocycles. The van der Waals surface area contributed by atoms with Crippen LogP contribution in [0.1, 0.15) is 12.0 Å². The molecule has 3 unspecified atom stereocenters. The van der Waals surface area contributed by atoms with Crippen LogP contribution in [0.5, 0.6) is 0 Å². The highest BCUT2D eigenvalue weighted by Gasteiger charge is 2.86. The number of alkyl halides is 3. The van der Waals surface area contributed by atoms with Crippen molar-refractivity contribution in [2.45, 2.75) is 18.7 Å². The summed E-state index contributed by atoms with van der Waals surface area (Å²) < 4.78 is 56.5. The molecule has 5 rings (SSSR count). The van der Waals surface area contributed by atoms with Gasteiger partial charge in [0.2, 0.25) is 5.91 Å². The Morgan fingerprint density at radius 2 is 2.16 bits per heavy atom. The molecule has 1 amide bonds. The van der Waals surface area contributed by atoms with E-state index in [1.54, 1.807) is 11.0 Å². The lowest BCUT2D eigenvalue weighted by Gasteiger charge is -2.30. The molecular formula is C20H21F3N6O2S. The second-order valence-corrected chi connectivity index (χ2v) is 9.39. The summed E-state index contributed by atoms with van der Waals surface area (Å²) in [5.74, 6) is -0.588. The monoisotopic (exact) mass is 466 g/mol. The van der Waals surface area contributed by atoms with Gasteiger partial charge in [-0.15, -0.1) is 0 Å². The molecule has 1 N–H and O–H groups in total. The van der Waals surface area contributed by atoms with Crippen LogP contribution in [0.4, 0.5) is 18.9 Å². The molecule has 2 saturated heterocycles. The number of fused-ring (bicyclic) bond motifs is 2. The maximum atomic E-state index is 14.2. The van der Waals surface area contributed by atoms with E-state index >= 15 is 0 Å². The predicted octanol–water partition coefficient (Wildman–Crippen LogP) is 1.77. The average molecular weight is 466 g/mol. The van der Waals surface area contributed by atoms with Gasteiger partial charge in [-0.25, -0.2) is 0 Å². The van der Waals surface area contributed by atoms with Crippen molar-refractivity contribution in [2.24, 2.45) is 10.8 Å². The number of benzene rings is 1.